The standard InChI is InChI=1S/C16H25BrN2O/c1-3-14(18)11-12-10-13(17)4-7-16(12)19(8-9-20-2)15-5-6-15/h4,7,10,14-15H,3,5-6,8-9,11,18H2,1-2H3. The van der Waals surface area contributed by atoms with Crippen molar-refractivity contribution in [2.45, 2.75) is 44.7 Å². The minimum absolute atomic E-state index is 0.228. The second-order valence-electron chi connectivity index (χ2n) is 5.56. The van der Waals surface area contributed by atoms with Crippen LogP contribution in [0.3, 0.4) is 0 Å². The summed E-state index contributed by atoms with van der Waals surface area (Å²) >= 11 is 3.58. The van der Waals surface area contributed by atoms with Gasteiger partial charge >= 0.3 is 0 Å². The monoisotopic (exact) mass is 340 g/mol. The lowest BCUT2D eigenvalue weighted by Crippen LogP contribution is -2.31. The molecule has 1 unspecified atom stereocenters. The van der Waals surface area contributed by atoms with E-state index in [0.29, 0.717) is 6.04 Å². The first-order chi connectivity index (χ1) is 9.65. The summed E-state index contributed by atoms with van der Waals surface area (Å²) in [5.41, 5.74) is 8.83. The highest BCUT2D eigenvalue weighted by atomic mass is 79.9. The molecule has 1 atom stereocenters. The average molecular weight is 341 g/mol. The first-order valence-electron chi connectivity index (χ1n) is 7.45. The van der Waals surface area contributed by atoms with Crippen LogP contribution in [0.25, 0.3) is 0 Å². The third-order valence-corrected chi connectivity index (χ3v) is 4.37. The van der Waals surface area contributed by atoms with Crippen molar-refractivity contribution in [3.8, 4) is 0 Å². The van der Waals surface area contributed by atoms with E-state index in [1.807, 2.05) is 0 Å². The highest BCUT2D eigenvalue weighted by molar-refractivity contribution is 9.10. The molecule has 0 heterocycles. The molecule has 0 spiro atoms. The molecule has 3 nitrogen and oxygen atoms in total. The molecule has 1 aromatic rings. The zero-order valence-corrected chi connectivity index (χ0v) is 14.0. The number of hydrogen-bond donors (Lipinski definition) is 1. The third-order valence-electron chi connectivity index (χ3n) is 3.88. The zero-order chi connectivity index (χ0) is 14.5. The average Bonchev–Trinajstić information content (AvgIpc) is 3.25. The number of nitrogens with two attached hydrogens (primary N) is 1. The fourth-order valence-corrected chi connectivity index (χ4v) is 2.91. The summed E-state index contributed by atoms with van der Waals surface area (Å²) < 4.78 is 6.39. The van der Waals surface area contributed by atoms with E-state index in [1.54, 1.807) is 7.11 Å². The maximum absolute atomic E-state index is 6.16. The van der Waals surface area contributed by atoms with Crippen molar-refractivity contribution < 1.29 is 4.74 Å². The van der Waals surface area contributed by atoms with Gasteiger partial charge < -0.3 is 15.4 Å². The molecule has 20 heavy (non-hydrogen) atoms. The number of nitrogens with zero attached hydrogens (tertiary/aromatic N) is 1. The Balaban J connectivity index is 2.22. The van der Waals surface area contributed by atoms with Gasteiger partial charge in [-0.1, -0.05) is 22.9 Å². The number of hydrogen-bond acceptors (Lipinski definition) is 3. The van der Waals surface area contributed by atoms with Crippen molar-refractivity contribution in [3.63, 3.8) is 0 Å². The molecule has 1 aromatic carbocycles. The Morgan fingerprint density at radius 2 is 2.20 bits per heavy atom. The van der Waals surface area contributed by atoms with E-state index in [1.165, 1.54) is 24.1 Å². The molecule has 4 heteroatoms. The van der Waals surface area contributed by atoms with Crippen LogP contribution in [0.15, 0.2) is 22.7 Å². The molecule has 1 saturated carbocycles. The second kappa shape index (κ2) is 7.43. The predicted octanol–water partition coefficient (Wildman–Crippen LogP) is 3.34. The summed E-state index contributed by atoms with van der Waals surface area (Å²) in [5.74, 6) is 0. The minimum Gasteiger partial charge on any atom is -0.383 e. The van der Waals surface area contributed by atoms with Crippen molar-refractivity contribution in [2.75, 3.05) is 25.2 Å². The lowest BCUT2D eigenvalue weighted by Gasteiger charge is -2.28. The number of ether oxygens (including phenoxy) is 1. The molecular weight excluding hydrogens is 316 g/mol. The lowest BCUT2D eigenvalue weighted by molar-refractivity contribution is 0.205. The molecule has 0 bridgehead atoms. The molecule has 0 aliphatic heterocycles. The molecule has 1 aliphatic carbocycles. The Morgan fingerprint density at radius 3 is 2.80 bits per heavy atom. The van der Waals surface area contributed by atoms with Crippen LogP contribution >= 0.6 is 15.9 Å². The van der Waals surface area contributed by atoms with E-state index in [0.717, 1.165) is 30.5 Å². The zero-order valence-electron chi connectivity index (χ0n) is 12.4. The number of rotatable bonds is 8. The van der Waals surface area contributed by atoms with Crippen LogP contribution in [0.1, 0.15) is 31.7 Å². The number of benzene rings is 1. The molecular formula is C16H25BrN2O. The highest BCUT2D eigenvalue weighted by Crippen LogP contribution is 2.35. The smallest absolute Gasteiger partial charge is 0.0637 e. The number of anilines is 1. The van der Waals surface area contributed by atoms with Gasteiger partial charge in [-0.05, 0) is 49.4 Å². The van der Waals surface area contributed by atoms with E-state index in [9.17, 15) is 0 Å². The molecule has 112 valence electrons. The molecule has 0 saturated heterocycles. The topological polar surface area (TPSA) is 38.5 Å². The van der Waals surface area contributed by atoms with Crippen LogP contribution in [0.5, 0.6) is 0 Å². The molecule has 1 fully saturated rings. The van der Waals surface area contributed by atoms with Gasteiger partial charge in [0, 0.05) is 35.9 Å². The fourth-order valence-electron chi connectivity index (χ4n) is 2.50. The molecule has 2 N–H and O–H groups in total. The van der Waals surface area contributed by atoms with Gasteiger partial charge in [-0.3, -0.25) is 0 Å². The normalized spacial score (nSPS) is 16.2. The highest BCUT2D eigenvalue weighted by Gasteiger charge is 2.30. The first-order valence-corrected chi connectivity index (χ1v) is 8.24. The largest absolute Gasteiger partial charge is 0.383 e. The van der Waals surface area contributed by atoms with Gasteiger partial charge in [-0.15, -0.1) is 0 Å². The summed E-state index contributed by atoms with van der Waals surface area (Å²) in [7, 11) is 1.76. The van der Waals surface area contributed by atoms with Crippen LogP contribution < -0.4 is 10.6 Å². The van der Waals surface area contributed by atoms with E-state index in [4.69, 9.17) is 10.5 Å². The summed E-state index contributed by atoms with van der Waals surface area (Å²) in [6.45, 7) is 3.87. The van der Waals surface area contributed by atoms with Crippen molar-refractivity contribution in [1.82, 2.24) is 0 Å². The second-order valence-corrected chi connectivity index (χ2v) is 6.48. The lowest BCUT2D eigenvalue weighted by atomic mass is 10.0. The maximum atomic E-state index is 6.16. The predicted molar refractivity (Wildman–Crippen MR) is 88.4 cm³/mol. The van der Waals surface area contributed by atoms with Crippen LogP contribution in [0, 0.1) is 0 Å². The van der Waals surface area contributed by atoms with Gasteiger partial charge in [0.1, 0.15) is 0 Å². The quantitative estimate of drug-likeness (QED) is 0.788. The number of halogens is 1. The van der Waals surface area contributed by atoms with Gasteiger partial charge in [-0.2, -0.15) is 0 Å². The van der Waals surface area contributed by atoms with Crippen molar-refractivity contribution in [3.05, 3.63) is 28.2 Å². The summed E-state index contributed by atoms with van der Waals surface area (Å²) in [6.07, 6.45) is 4.52. The fraction of sp³-hybridized carbons (Fsp3) is 0.625. The summed E-state index contributed by atoms with van der Waals surface area (Å²) in [4.78, 5) is 2.49. The van der Waals surface area contributed by atoms with Crippen molar-refractivity contribution in [2.24, 2.45) is 5.73 Å². The van der Waals surface area contributed by atoms with Gasteiger partial charge in [0.15, 0.2) is 0 Å². The van der Waals surface area contributed by atoms with Crippen LogP contribution in [-0.4, -0.2) is 32.3 Å². The van der Waals surface area contributed by atoms with Gasteiger partial charge in [0.25, 0.3) is 0 Å². The molecule has 1 aliphatic rings. The molecule has 0 radical (unpaired) electrons. The summed E-state index contributed by atoms with van der Waals surface area (Å²) in [5, 5.41) is 0. The molecule has 0 amide bonds. The van der Waals surface area contributed by atoms with E-state index in [-0.39, 0.29) is 6.04 Å². The Labute approximate surface area is 130 Å². The molecule has 2 rings (SSSR count). The Morgan fingerprint density at radius 1 is 1.45 bits per heavy atom. The molecule has 0 aromatic heterocycles. The van der Waals surface area contributed by atoms with E-state index in [2.05, 4.69) is 46.0 Å². The number of methoxy groups -OCH3 is 1. The van der Waals surface area contributed by atoms with Gasteiger partial charge in [-0.25, -0.2) is 0 Å². The van der Waals surface area contributed by atoms with Crippen molar-refractivity contribution in [1.29, 1.82) is 0 Å². The minimum atomic E-state index is 0.228. The third kappa shape index (κ3) is 4.21. The van der Waals surface area contributed by atoms with E-state index >= 15 is 0 Å². The first kappa shape index (κ1) is 15.8. The van der Waals surface area contributed by atoms with Crippen LogP contribution in [0.2, 0.25) is 0 Å². The SMILES string of the molecule is CCC(N)Cc1cc(Br)ccc1N(CCOC)C1CC1. The Kier molecular flexibility index (Phi) is 5.87. The van der Waals surface area contributed by atoms with Gasteiger partial charge in [0.2, 0.25) is 0 Å². The Hall–Kier alpha value is -0.580. The van der Waals surface area contributed by atoms with E-state index < -0.39 is 0 Å². The van der Waals surface area contributed by atoms with Crippen molar-refractivity contribution >= 4 is 21.6 Å². The Bertz CT molecular complexity index is 434. The summed E-state index contributed by atoms with van der Waals surface area (Å²) in [6, 6.07) is 7.47. The van der Waals surface area contributed by atoms with Crippen LogP contribution in [0.4, 0.5) is 5.69 Å². The van der Waals surface area contributed by atoms with Gasteiger partial charge in [0.05, 0.1) is 6.61 Å². The van der Waals surface area contributed by atoms with Crippen LogP contribution in [-0.2, 0) is 11.2 Å². The maximum Gasteiger partial charge on any atom is 0.0637 e.